The van der Waals surface area contributed by atoms with Crippen LogP contribution in [0.1, 0.15) is 43.2 Å². The molecule has 0 fully saturated rings. The van der Waals surface area contributed by atoms with Gasteiger partial charge in [-0.2, -0.15) is 0 Å². The molecule has 0 atom stereocenters. The molecule has 0 bridgehead atoms. The summed E-state index contributed by atoms with van der Waals surface area (Å²) in [6.07, 6.45) is -0.905. The predicted octanol–water partition coefficient (Wildman–Crippen LogP) is 5.53. The van der Waals surface area contributed by atoms with Gasteiger partial charge in [0, 0.05) is 24.5 Å². The monoisotopic (exact) mass is 438 g/mol. The summed E-state index contributed by atoms with van der Waals surface area (Å²) in [4.78, 5) is 25.9. The molecule has 2 amide bonds. The summed E-state index contributed by atoms with van der Waals surface area (Å²) in [5.41, 5.74) is 2.90. The van der Waals surface area contributed by atoms with E-state index in [1.54, 1.807) is 7.05 Å². The SMILES string of the molecule is Cc1c(CN(C)C(=O)OCc2ccccc2)oc2cccc(CNC(=O)OC(C)(C)C)c12. The number of hydrogen-bond acceptors (Lipinski definition) is 5. The average molecular weight is 439 g/mol. The molecule has 0 aliphatic heterocycles. The Morgan fingerprint density at radius 2 is 1.78 bits per heavy atom. The van der Waals surface area contributed by atoms with Crippen molar-refractivity contribution in [2.45, 2.75) is 53.0 Å². The van der Waals surface area contributed by atoms with Crippen molar-refractivity contribution in [3.63, 3.8) is 0 Å². The van der Waals surface area contributed by atoms with Crippen molar-refractivity contribution in [1.82, 2.24) is 10.2 Å². The van der Waals surface area contributed by atoms with Gasteiger partial charge in [0.15, 0.2) is 0 Å². The van der Waals surface area contributed by atoms with Crippen LogP contribution in [0.15, 0.2) is 52.9 Å². The van der Waals surface area contributed by atoms with Crippen LogP contribution in [-0.4, -0.2) is 29.7 Å². The fourth-order valence-corrected chi connectivity index (χ4v) is 3.33. The number of alkyl carbamates (subject to hydrolysis) is 1. The lowest BCUT2D eigenvalue weighted by Crippen LogP contribution is -2.32. The largest absolute Gasteiger partial charge is 0.459 e. The molecule has 170 valence electrons. The Bertz CT molecular complexity index is 1080. The highest BCUT2D eigenvalue weighted by atomic mass is 16.6. The Balaban J connectivity index is 1.67. The molecule has 3 rings (SSSR count). The number of amides is 2. The van der Waals surface area contributed by atoms with Crippen molar-refractivity contribution < 1.29 is 23.5 Å². The van der Waals surface area contributed by atoms with Gasteiger partial charge in [0.25, 0.3) is 0 Å². The van der Waals surface area contributed by atoms with E-state index in [0.717, 1.165) is 22.1 Å². The van der Waals surface area contributed by atoms with Gasteiger partial charge in [-0.05, 0) is 44.9 Å². The molecule has 0 spiro atoms. The summed E-state index contributed by atoms with van der Waals surface area (Å²) in [7, 11) is 1.67. The van der Waals surface area contributed by atoms with Crippen molar-refractivity contribution in [2.75, 3.05) is 7.05 Å². The van der Waals surface area contributed by atoms with E-state index < -0.39 is 17.8 Å². The zero-order chi connectivity index (χ0) is 23.3. The topological polar surface area (TPSA) is 81.0 Å². The Labute approximate surface area is 188 Å². The Morgan fingerprint density at radius 1 is 1.06 bits per heavy atom. The van der Waals surface area contributed by atoms with E-state index in [2.05, 4.69) is 5.32 Å². The lowest BCUT2D eigenvalue weighted by atomic mass is 10.1. The van der Waals surface area contributed by atoms with Crippen molar-refractivity contribution in [2.24, 2.45) is 0 Å². The molecule has 0 radical (unpaired) electrons. The number of carbonyl (C=O) groups is 2. The minimum Gasteiger partial charge on any atom is -0.459 e. The van der Waals surface area contributed by atoms with Crippen molar-refractivity contribution in [3.8, 4) is 0 Å². The molecule has 32 heavy (non-hydrogen) atoms. The van der Waals surface area contributed by atoms with E-state index in [9.17, 15) is 9.59 Å². The number of hydrogen-bond donors (Lipinski definition) is 1. The second-order valence-electron chi connectivity index (χ2n) is 8.69. The first-order chi connectivity index (χ1) is 15.1. The standard InChI is InChI=1S/C25H30N2O5/c1-17-21(15-27(5)24(29)30-16-18-10-7-6-8-11-18)31-20-13-9-12-19(22(17)20)14-26-23(28)32-25(2,3)4/h6-13H,14-16H2,1-5H3,(H,26,28). The number of benzene rings is 2. The normalized spacial score (nSPS) is 11.3. The van der Waals surface area contributed by atoms with Crippen LogP contribution < -0.4 is 5.32 Å². The van der Waals surface area contributed by atoms with Crippen molar-refractivity contribution >= 4 is 23.2 Å². The van der Waals surface area contributed by atoms with E-state index >= 15 is 0 Å². The van der Waals surface area contributed by atoms with E-state index in [1.807, 2.05) is 76.2 Å². The van der Waals surface area contributed by atoms with E-state index in [-0.39, 0.29) is 13.2 Å². The minimum atomic E-state index is -0.561. The number of furan rings is 1. The minimum absolute atomic E-state index is 0.212. The van der Waals surface area contributed by atoms with Gasteiger partial charge in [0.05, 0.1) is 6.54 Å². The summed E-state index contributed by atoms with van der Waals surface area (Å²) in [5, 5.41) is 3.71. The van der Waals surface area contributed by atoms with Gasteiger partial charge >= 0.3 is 12.2 Å². The Morgan fingerprint density at radius 3 is 2.47 bits per heavy atom. The van der Waals surface area contributed by atoms with Crippen LogP contribution in [0.3, 0.4) is 0 Å². The second-order valence-corrected chi connectivity index (χ2v) is 8.69. The smallest absolute Gasteiger partial charge is 0.410 e. The first kappa shape index (κ1) is 23.2. The zero-order valence-electron chi connectivity index (χ0n) is 19.2. The first-order valence-electron chi connectivity index (χ1n) is 10.5. The Hall–Kier alpha value is -3.48. The molecular formula is C25H30N2O5. The highest BCUT2D eigenvalue weighted by molar-refractivity contribution is 5.86. The van der Waals surface area contributed by atoms with Gasteiger partial charge in [-0.15, -0.1) is 0 Å². The molecule has 1 heterocycles. The van der Waals surface area contributed by atoms with Crippen LogP contribution in [0.4, 0.5) is 9.59 Å². The maximum absolute atomic E-state index is 12.4. The molecule has 0 aliphatic carbocycles. The average Bonchev–Trinajstić information content (AvgIpc) is 3.06. The third kappa shape index (κ3) is 6.03. The molecule has 7 heteroatoms. The third-order valence-electron chi connectivity index (χ3n) is 4.86. The lowest BCUT2D eigenvalue weighted by molar-refractivity contribution is 0.0523. The third-order valence-corrected chi connectivity index (χ3v) is 4.86. The quantitative estimate of drug-likeness (QED) is 0.547. The summed E-state index contributed by atoms with van der Waals surface area (Å²) >= 11 is 0. The molecular weight excluding hydrogens is 408 g/mol. The van der Waals surface area contributed by atoms with E-state index in [0.29, 0.717) is 17.9 Å². The number of nitrogens with one attached hydrogen (secondary N) is 1. The van der Waals surface area contributed by atoms with Crippen LogP contribution in [0.5, 0.6) is 0 Å². The first-order valence-corrected chi connectivity index (χ1v) is 10.5. The number of ether oxygens (including phenoxy) is 2. The number of carbonyl (C=O) groups excluding carboxylic acids is 2. The van der Waals surface area contributed by atoms with Crippen LogP contribution >= 0.6 is 0 Å². The van der Waals surface area contributed by atoms with Crippen LogP contribution in [0.2, 0.25) is 0 Å². The molecule has 7 nitrogen and oxygen atoms in total. The zero-order valence-corrected chi connectivity index (χ0v) is 19.2. The number of nitrogens with zero attached hydrogens (tertiary/aromatic N) is 1. The van der Waals surface area contributed by atoms with Gasteiger partial charge < -0.3 is 24.1 Å². The van der Waals surface area contributed by atoms with E-state index in [1.165, 1.54) is 4.90 Å². The van der Waals surface area contributed by atoms with Gasteiger partial charge in [0.2, 0.25) is 0 Å². The van der Waals surface area contributed by atoms with Gasteiger partial charge in [-0.25, -0.2) is 9.59 Å². The fraction of sp³-hybridized carbons (Fsp3) is 0.360. The van der Waals surface area contributed by atoms with Crippen molar-refractivity contribution in [1.29, 1.82) is 0 Å². The van der Waals surface area contributed by atoms with Crippen LogP contribution in [0.25, 0.3) is 11.0 Å². The number of fused-ring (bicyclic) bond motifs is 1. The van der Waals surface area contributed by atoms with Crippen LogP contribution in [-0.2, 0) is 29.2 Å². The van der Waals surface area contributed by atoms with Gasteiger partial charge in [-0.3, -0.25) is 0 Å². The second kappa shape index (κ2) is 9.77. The number of rotatable bonds is 6. The summed E-state index contributed by atoms with van der Waals surface area (Å²) < 4.78 is 16.7. The highest BCUT2D eigenvalue weighted by Gasteiger charge is 2.20. The fourth-order valence-electron chi connectivity index (χ4n) is 3.33. The molecule has 0 saturated heterocycles. The van der Waals surface area contributed by atoms with Gasteiger partial charge in [-0.1, -0.05) is 42.5 Å². The molecule has 0 saturated carbocycles. The summed E-state index contributed by atoms with van der Waals surface area (Å²) in [5.74, 6) is 0.670. The predicted molar refractivity (Wildman–Crippen MR) is 122 cm³/mol. The summed E-state index contributed by atoms with van der Waals surface area (Å²) in [6, 6.07) is 15.2. The molecule has 2 aromatic carbocycles. The molecule has 3 aromatic rings. The molecule has 0 unspecified atom stereocenters. The van der Waals surface area contributed by atoms with Crippen LogP contribution in [0, 0.1) is 6.92 Å². The highest BCUT2D eigenvalue weighted by Crippen LogP contribution is 2.29. The molecule has 0 aliphatic rings. The number of aryl methyl sites for hydroxylation is 1. The Kier molecular flexibility index (Phi) is 7.08. The summed E-state index contributed by atoms with van der Waals surface area (Å²) in [6.45, 7) is 8.20. The lowest BCUT2D eigenvalue weighted by Gasteiger charge is -2.19. The molecule has 1 aromatic heterocycles. The maximum atomic E-state index is 12.4. The van der Waals surface area contributed by atoms with Gasteiger partial charge in [0.1, 0.15) is 23.6 Å². The van der Waals surface area contributed by atoms with E-state index in [4.69, 9.17) is 13.9 Å². The molecule has 1 N–H and O–H groups in total. The van der Waals surface area contributed by atoms with Crippen molar-refractivity contribution in [3.05, 3.63) is 71.0 Å². The maximum Gasteiger partial charge on any atom is 0.410 e.